The average Bonchev–Trinajstić information content (AvgIpc) is 2.67. The number of aryl methyl sites for hydroxylation is 1. The van der Waals surface area contributed by atoms with Gasteiger partial charge in [0.2, 0.25) is 0 Å². The van der Waals surface area contributed by atoms with Gasteiger partial charge in [-0.1, -0.05) is 27.5 Å². The summed E-state index contributed by atoms with van der Waals surface area (Å²) in [7, 11) is 0. The van der Waals surface area contributed by atoms with Crippen LogP contribution in [0.5, 0.6) is 11.5 Å². The molecule has 0 fully saturated rings. The SMILES string of the molecule is CCOc1ccc(Br)cc1C(=O)NC(=S)NNC(=O)COc1ccc(Cl)cc1C. The molecule has 3 N–H and O–H groups in total. The summed E-state index contributed by atoms with van der Waals surface area (Å²) in [6.07, 6.45) is 0. The Balaban J connectivity index is 1.84. The summed E-state index contributed by atoms with van der Waals surface area (Å²) in [5.41, 5.74) is 5.92. The number of ether oxygens (including phenoxy) is 2. The van der Waals surface area contributed by atoms with Crippen molar-refractivity contribution >= 4 is 56.7 Å². The molecule has 154 valence electrons. The van der Waals surface area contributed by atoms with E-state index >= 15 is 0 Å². The molecule has 0 spiro atoms. The van der Waals surface area contributed by atoms with Gasteiger partial charge in [0.1, 0.15) is 11.5 Å². The van der Waals surface area contributed by atoms with E-state index in [2.05, 4.69) is 32.1 Å². The smallest absolute Gasteiger partial charge is 0.276 e. The van der Waals surface area contributed by atoms with Gasteiger partial charge in [-0.3, -0.25) is 25.8 Å². The van der Waals surface area contributed by atoms with Crippen LogP contribution < -0.4 is 25.6 Å². The van der Waals surface area contributed by atoms with Gasteiger partial charge in [-0.05, 0) is 68.0 Å². The van der Waals surface area contributed by atoms with Crippen LogP contribution in [-0.4, -0.2) is 30.1 Å². The van der Waals surface area contributed by atoms with Gasteiger partial charge >= 0.3 is 0 Å². The van der Waals surface area contributed by atoms with Crippen LogP contribution in [0.15, 0.2) is 40.9 Å². The quantitative estimate of drug-likeness (QED) is 0.415. The van der Waals surface area contributed by atoms with Gasteiger partial charge in [0.15, 0.2) is 11.7 Å². The first-order chi connectivity index (χ1) is 13.8. The predicted molar refractivity (Wildman–Crippen MR) is 118 cm³/mol. The van der Waals surface area contributed by atoms with Crippen molar-refractivity contribution in [3.63, 3.8) is 0 Å². The first kappa shape index (κ1) is 22.9. The highest BCUT2D eigenvalue weighted by atomic mass is 79.9. The second kappa shape index (κ2) is 11.0. The van der Waals surface area contributed by atoms with Gasteiger partial charge in [0.05, 0.1) is 12.2 Å². The molecule has 2 aromatic carbocycles. The van der Waals surface area contributed by atoms with Gasteiger partial charge in [-0.25, -0.2) is 0 Å². The van der Waals surface area contributed by atoms with Crippen LogP contribution in [0.2, 0.25) is 5.02 Å². The van der Waals surface area contributed by atoms with E-state index in [0.29, 0.717) is 33.2 Å². The number of carbonyl (C=O) groups excluding carboxylic acids is 2. The van der Waals surface area contributed by atoms with Crippen LogP contribution in [0, 0.1) is 6.92 Å². The lowest BCUT2D eigenvalue weighted by Crippen LogP contribution is -2.49. The van der Waals surface area contributed by atoms with E-state index in [9.17, 15) is 9.59 Å². The highest BCUT2D eigenvalue weighted by molar-refractivity contribution is 9.10. The maximum absolute atomic E-state index is 12.4. The molecule has 0 bridgehead atoms. The number of hydrogen-bond acceptors (Lipinski definition) is 5. The van der Waals surface area contributed by atoms with Crippen LogP contribution in [0.25, 0.3) is 0 Å². The number of rotatable bonds is 6. The minimum absolute atomic E-state index is 0.0755. The first-order valence-corrected chi connectivity index (χ1v) is 10.1. The van der Waals surface area contributed by atoms with Crippen LogP contribution in [0.1, 0.15) is 22.8 Å². The standard InChI is InChI=1S/C19H19BrClN3O4S/c1-3-27-16-6-4-12(20)9-14(16)18(26)22-19(29)24-23-17(25)10-28-15-7-5-13(21)8-11(15)2/h4-9H,3,10H2,1-2H3,(H,23,25)(H2,22,24,26,29). The van der Waals surface area contributed by atoms with E-state index in [1.54, 1.807) is 36.4 Å². The number of benzene rings is 2. The van der Waals surface area contributed by atoms with Crippen molar-refractivity contribution in [2.24, 2.45) is 0 Å². The third-order valence-corrected chi connectivity index (χ3v) is 4.46. The van der Waals surface area contributed by atoms with Crippen molar-refractivity contribution in [3.05, 3.63) is 57.0 Å². The molecule has 0 radical (unpaired) electrons. The number of hydrazine groups is 1. The molecule has 0 saturated heterocycles. The summed E-state index contributed by atoms with van der Waals surface area (Å²) in [5, 5.41) is 2.98. The normalized spacial score (nSPS) is 10.1. The zero-order chi connectivity index (χ0) is 21.4. The Morgan fingerprint density at radius 3 is 2.52 bits per heavy atom. The fourth-order valence-electron chi connectivity index (χ4n) is 2.24. The number of nitrogens with one attached hydrogen (secondary N) is 3. The molecule has 2 aromatic rings. The van der Waals surface area contributed by atoms with Crippen molar-refractivity contribution in [1.29, 1.82) is 0 Å². The van der Waals surface area contributed by atoms with Crippen molar-refractivity contribution < 1.29 is 19.1 Å². The Kier molecular flexibility index (Phi) is 8.69. The topological polar surface area (TPSA) is 88.7 Å². The fraction of sp³-hybridized carbons (Fsp3) is 0.211. The third-order valence-electron chi connectivity index (χ3n) is 3.52. The van der Waals surface area contributed by atoms with E-state index in [0.717, 1.165) is 5.56 Å². The van der Waals surface area contributed by atoms with Crippen LogP contribution in [0.3, 0.4) is 0 Å². The monoisotopic (exact) mass is 499 g/mol. The van der Waals surface area contributed by atoms with Crippen LogP contribution in [-0.2, 0) is 4.79 Å². The second-order valence-corrected chi connectivity index (χ2v) is 7.49. The van der Waals surface area contributed by atoms with Crippen LogP contribution in [0.4, 0.5) is 0 Å². The number of amides is 2. The van der Waals surface area contributed by atoms with E-state index in [-0.39, 0.29) is 11.7 Å². The highest BCUT2D eigenvalue weighted by Gasteiger charge is 2.15. The summed E-state index contributed by atoms with van der Waals surface area (Å²) in [4.78, 5) is 24.4. The van der Waals surface area contributed by atoms with Crippen molar-refractivity contribution in [3.8, 4) is 11.5 Å². The van der Waals surface area contributed by atoms with E-state index < -0.39 is 11.8 Å². The van der Waals surface area contributed by atoms with E-state index in [1.807, 2.05) is 13.8 Å². The molecule has 0 heterocycles. The Morgan fingerprint density at radius 2 is 1.83 bits per heavy atom. The van der Waals surface area contributed by atoms with E-state index in [1.165, 1.54) is 0 Å². The molecule has 7 nitrogen and oxygen atoms in total. The number of hydrogen-bond donors (Lipinski definition) is 3. The molecule has 0 aliphatic rings. The van der Waals surface area contributed by atoms with Gasteiger partial charge < -0.3 is 9.47 Å². The predicted octanol–water partition coefficient (Wildman–Crippen LogP) is 3.52. The summed E-state index contributed by atoms with van der Waals surface area (Å²) >= 11 is 14.2. The lowest BCUT2D eigenvalue weighted by Gasteiger charge is -2.14. The van der Waals surface area contributed by atoms with Gasteiger partial charge in [0, 0.05) is 9.50 Å². The number of thiocarbonyl (C=S) groups is 1. The van der Waals surface area contributed by atoms with Crippen molar-refractivity contribution in [2.45, 2.75) is 13.8 Å². The Hall–Kier alpha value is -2.36. The lowest BCUT2D eigenvalue weighted by molar-refractivity contribution is -0.123. The zero-order valence-electron chi connectivity index (χ0n) is 15.7. The summed E-state index contributed by atoms with van der Waals surface area (Å²) < 4.78 is 11.6. The van der Waals surface area contributed by atoms with Crippen LogP contribution >= 0.6 is 39.7 Å². The molecule has 0 aliphatic carbocycles. The third kappa shape index (κ3) is 7.19. The molecule has 0 atom stereocenters. The van der Waals surface area contributed by atoms with Crippen molar-refractivity contribution in [1.82, 2.24) is 16.2 Å². The zero-order valence-corrected chi connectivity index (χ0v) is 18.8. The van der Waals surface area contributed by atoms with E-state index in [4.69, 9.17) is 33.3 Å². The fourth-order valence-corrected chi connectivity index (χ4v) is 2.97. The molecule has 29 heavy (non-hydrogen) atoms. The minimum Gasteiger partial charge on any atom is -0.493 e. The Morgan fingerprint density at radius 1 is 1.10 bits per heavy atom. The van der Waals surface area contributed by atoms with Gasteiger partial charge in [-0.2, -0.15) is 0 Å². The molecule has 0 unspecified atom stereocenters. The Labute approximate surface area is 187 Å². The molecule has 2 rings (SSSR count). The lowest BCUT2D eigenvalue weighted by atomic mass is 10.2. The average molecular weight is 501 g/mol. The van der Waals surface area contributed by atoms with Crippen molar-refractivity contribution in [2.75, 3.05) is 13.2 Å². The summed E-state index contributed by atoms with van der Waals surface area (Å²) in [6.45, 7) is 3.81. The Bertz CT molecular complexity index is 926. The number of halogens is 2. The highest BCUT2D eigenvalue weighted by Crippen LogP contribution is 2.23. The van der Waals surface area contributed by atoms with Gasteiger partial charge in [-0.15, -0.1) is 0 Å². The molecule has 0 saturated carbocycles. The molecule has 2 amide bonds. The maximum Gasteiger partial charge on any atom is 0.276 e. The minimum atomic E-state index is -0.478. The molecule has 10 heteroatoms. The second-order valence-electron chi connectivity index (χ2n) is 5.73. The largest absolute Gasteiger partial charge is 0.493 e. The summed E-state index contributed by atoms with van der Waals surface area (Å²) in [6, 6.07) is 10.1. The number of carbonyl (C=O) groups is 2. The molecular weight excluding hydrogens is 482 g/mol. The summed E-state index contributed by atoms with van der Waals surface area (Å²) in [5.74, 6) is 0.00764. The molecule has 0 aliphatic heterocycles. The first-order valence-electron chi connectivity index (χ1n) is 8.51. The van der Waals surface area contributed by atoms with Gasteiger partial charge in [0.25, 0.3) is 11.8 Å². The maximum atomic E-state index is 12.4. The molecule has 0 aromatic heterocycles. The molecular formula is C19H19BrClN3O4S.